The number of guanidine groups is 1. The van der Waals surface area contributed by atoms with Gasteiger partial charge in [-0.05, 0) is 24.3 Å². The van der Waals surface area contributed by atoms with E-state index in [-0.39, 0.29) is 18.1 Å². The number of nitrogens with zero attached hydrogens (tertiary/aromatic N) is 2. The van der Waals surface area contributed by atoms with Gasteiger partial charge >= 0.3 is 0 Å². The lowest BCUT2D eigenvalue weighted by molar-refractivity contribution is 0.415. The predicted octanol–water partition coefficient (Wildman–Crippen LogP) is 2.63. The van der Waals surface area contributed by atoms with Crippen molar-refractivity contribution in [3.8, 4) is 11.8 Å². The summed E-state index contributed by atoms with van der Waals surface area (Å²) < 4.78 is 18.8. The van der Waals surface area contributed by atoms with Gasteiger partial charge in [-0.2, -0.15) is 5.26 Å². The topological polar surface area (TPSA) is 83.4 Å². The van der Waals surface area contributed by atoms with E-state index in [2.05, 4.69) is 10.3 Å². The second-order valence-corrected chi connectivity index (χ2v) is 4.48. The van der Waals surface area contributed by atoms with Gasteiger partial charge in [0.1, 0.15) is 11.6 Å². The normalized spacial score (nSPS) is 10.9. The summed E-state index contributed by atoms with van der Waals surface area (Å²) in [6.07, 6.45) is 0. The maximum absolute atomic E-state index is 13.7. The van der Waals surface area contributed by atoms with Gasteiger partial charge in [-0.1, -0.05) is 12.1 Å². The van der Waals surface area contributed by atoms with Crippen molar-refractivity contribution >= 4 is 11.6 Å². The van der Waals surface area contributed by atoms with Crippen molar-refractivity contribution in [2.24, 2.45) is 10.7 Å². The van der Waals surface area contributed by atoms with Crippen molar-refractivity contribution in [2.75, 3.05) is 12.4 Å². The highest BCUT2D eigenvalue weighted by atomic mass is 19.1. The maximum atomic E-state index is 13.7. The molecule has 0 fully saturated rings. The summed E-state index contributed by atoms with van der Waals surface area (Å²) in [6, 6.07) is 13.3. The van der Waals surface area contributed by atoms with Crippen molar-refractivity contribution in [1.29, 1.82) is 5.26 Å². The number of aliphatic imine (C=N–C) groups is 1. The Morgan fingerprint density at radius 3 is 2.86 bits per heavy atom. The SMILES string of the molecule is COc1cccc(NC(N)=NCc2ccc(C#N)cc2F)c1. The fourth-order valence-corrected chi connectivity index (χ4v) is 1.80. The third-order valence-electron chi connectivity index (χ3n) is 2.94. The number of nitriles is 1. The number of methoxy groups -OCH3 is 1. The standard InChI is InChI=1S/C16H15FN4O/c1-22-14-4-2-3-13(8-14)21-16(19)20-10-12-6-5-11(9-18)7-15(12)17/h2-8H,10H2,1H3,(H3,19,20,21). The van der Waals surface area contributed by atoms with Crippen LogP contribution in [0.25, 0.3) is 0 Å². The highest BCUT2D eigenvalue weighted by molar-refractivity contribution is 5.92. The van der Waals surface area contributed by atoms with E-state index < -0.39 is 5.82 Å². The van der Waals surface area contributed by atoms with Crippen LogP contribution in [0.2, 0.25) is 0 Å². The van der Waals surface area contributed by atoms with Gasteiger partial charge in [-0.25, -0.2) is 9.38 Å². The number of ether oxygens (including phenoxy) is 1. The molecule has 0 aliphatic carbocycles. The summed E-state index contributed by atoms with van der Waals surface area (Å²) in [6.45, 7) is 0.0837. The molecule has 0 unspecified atom stereocenters. The Hall–Kier alpha value is -3.07. The number of rotatable bonds is 4. The van der Waals surface area contributed by atoms with E-state index in [1.807, 2.05) is 24.3 Å². The highest BCUT2D eigenvalue weighted by Crippen LogP contribution is 2.16. The monoisotopic (exact) mass is 298 g/mol. The first-order chi connectivity index (χ1) is 10.6. The minimum atomic E-state index is -0.475. The highest BCUT2D eigenvalue weighted by Gasteiger charge is 2.03. The lowest BCUT2D eigenvalue weighted by atomic mass is 10.1. The van der Waals surface area contributed by atoms with Crippen LogP contribution in [-0.2, 0) is 6.54 Å². The van der Waals surface area contributed by atoms with Crippen LogP contribution in [0.1, 0.15) is 11.1 Å². The van der Waals surface area contributed by atoms with Crippen LogP contribution < -0.4 is 15.8 Å². The maximum Gasteiger partial charge on any atom is 0.193 e. The van der Waals surface area contributed by atoms with Crippen molar-refractivity contribution in [1.82, 2.24) is 0 Å². The molecule has 0 bridgehead atoms. The average Bonchev–Trinajstić information content (AvgIpc) is 2.53. The first-order valence-corrected chi connectivity index (χ1v) is 6.52. The smallest absolute Gasteiger partial charge is 0.193 e. The van der Waals surface area contributed by atoms with Crippen LogP contribution in [-0.4, -0.2) is 13.1 Å². The van der Waals surface area contributed by atoms with Crippen molar-refractivity contribution in [3.05, 3.63) is 59.4 Å². The molecular formula is C16H15FN4O. The van der Waals surface area contributed by atoms with Crippen LogP contribution in [0.4, 0.5) is 10.1 Å². The molecule has 0 aliphatic rings. The molecule has 0 aliphatic heterocycles. The van der Waals surface area contributed by atoms with E-state index in [0.29, 0.717) is 11.3 Å². The molecule has 3 N–H and O–H groups in total. The van der Waals surface area contributed by atoms with E-state index >= 15 is 0 Å². The Kier molecular flexibility index (Phi) is 4.94. The van der Waals surface area contributed by atoms with Gasteiger partial charge in [0.15, 0.2) is 5.96 Å². The number of hydrogen-bond donors (Lipinski definition) is 2. The van der Waals surface area contributed by atoms with Crippen molar-refractivity contribution in [2.45, 2.75) is 6.54 Å². The molecule has 0 aromatic heterocycles. The minimum absolute atomic E-state index is 0.0837. The zero-order valence-electron chi connectivity index (χ0n) is 12.0. The van der Waals surface area contributed by atoms with E-state index in [1.54, 1.807) is 19.2 Å². The zero-order valence-corrected chi connectivity index (χ0v) is 12.0. The van der Waals surface area contributed by atoms with Gasteiger partial charge in [0.25, 0.3) is 0 Å². The van der Waals surface area contributed by atoms with Crippen molar-refractivity contribution in [3.63, 3.8) is 0 Å². The van der Waals surface area contributed by atoms with E-state index in [0.717, 1.165) is 5.69 Å². The van der Waals surface area contributed by atoms with Gasteiger partial charge in [-0.3, -0.25) is 0 Å². The first kappa shape index (κ1) is 15.3. The van der Waals surface area contributed by atoms with Crippen LogP contribution in [0.3, 0.4) is 0 Å². The molecule has 0 saturated heterocycles. The summed E-state index contributed by atoms with van der Waals surface area (Å²) in [5.41, 5.74) is 7.14. The van der Waals surface area contributed by atoms with Gasteiger partial charge < -0.3 is 15.8 Å². The van der Waals surface area contributed by atoms with Gasteiger partial charge in [-0.15, -0.1) is 0 Å². The molecule has 0 radical (unpaired) electrons. The molecule has 0 spiro atoms. The zero-order chi connectivity index (χ0) is 15.9. The molecule has 112 valence electrons. The third kappa shape index (κ3) is 3.96. The Bertz CT molecular complexity index is 737. The van der Waals surface area contributed by atoms with Crippen LogP contribution >= 0.6 is 0 Å². The number of hydrogen-bond acceptors (Lipinski definition) is 3. The van der Waals surface area contributed by atoms with E-state index in [4.69, 9.17) is 15.7 Å². The molecular weight excluding hydrogens is 283 g/mol. The summed E-state index contributed by atoms with van der Waals surface area (Å²) in [7, 11) is 1.57. The molecule has 0 atom stereocenters. The fourth-order valence-electron chi connectivity index (χ4n) is 1.80. The molecule has 0 amide bonds. The molecule has 5 nitrogen and oxygen atoms in total. The Balaban J connectivity index is 2.05. The van der Waals surface area contributed by atoms with Crippen LogP contribution in [0.15, 0.2) is 47.5 Å². The van der Waals surface area contributed by atoms with E-state index in [1.165, 1.54) is 12.1 Å². The van der Waals surface area contributed by atoms with E-state index in [9.17, 15) is 4.39 Å². The lowest BCUT2D eigenvalue weighted by Gasteiger charge is -2.07. The summed E-state index contributed by atoms with van der Waals surface area (Å²) in [5.74, 6) is 0.380. The number of nitrogens with two attached hydrogens (primary N) is 1. The Morgan fingerprint density at radius 1 is 1.36 bits per heavy atom. The molecule has 2 aromatic rings. The molecule has 2 rings (SSSR count). The largest absolute Gasteiger partial charge is 0.497 e. The van der Waals surface area contributed by atoms with Gasteiger partial charge in [0.2, 0.25) is 0 Å². The summed E-state index contributed by atoms with van der Waals surface area (Å²) >= 11 is 0. The molecule has 0 heterocycles. The molecule has 22 heavy (non-hydrogen) atoms. The molecule has 2 aromatic carbocycles. The number of nitrogens with one attached hydrogen (secondary N) is 1. The Labute approximate surface area is 127 Å². The van der Waals surface area contributed by atoms with Gasteiger partial charge in [0, 0.05) is 17.3 Å². The average molecular weight is 298 g/mol. The number of anilines is 1. The lowest BCUT2D eigenvalue weighted by Crippen LogP contribution is -2.22. The third-order valence-corrected chi connectivity index (χ3v) is 2.94. The predicted molar refractivity (Wildman–Crippen MR) is 83.1 cm³/mol. The first-order valence-electron chi connectivity index (χ1n) is 6.52. The summed E-state index contributed by atoms with van der Waals surface area (Å²) in [4.78, 5) is 4.08. The fraction of sp³-hybridized carbons (Fsp3) is 0.125. The quantitative estimate of drug-likeness (QED) is 0.671. The molecule has 6 heteroatoms. The molecule has 0 saturated carbocycles. The minimum Gasteiger partial charge on any atom is -0.497 e. The van der Waals surface area contributed by atoms with Crippen LogP contribution in [0, 0.1) is 17.1 Å². The second kappa shape index (κ2) is 7.09. The second-order valence-electron chi connectivity index (χ2n) is 4.48. The number of benzene rings is 2. The Morgan fingerprint density at radius 2 is 2.18 bits per heavy atom. The van der Waals surface area contributed by atoms with Crippen LogP contribution in [0.5, 0.6) is 5.75 Å². The number of halogens is 1. The van der Waals surface area contributed by atoms with Gasteiger partial charge in [0.05, 0.1) is 25.3 Å². The van der Waals surface area contributed by atoms with Crippen molar-refractivity contribution < 1.29 is 9.13 Å². The summed E-state index contributed by atoms with van der Waals surface area (Å²) in [5, 5.41) is 11.6.